The number of rotatable bonds is 3. The number of hydrogen-bond donors (Lipinski definition) is 2. The number of halogens is 1. The Morgan fingerprint density at radius 3 is 2.80 bits per heavy atom. The summed E-state index contributed by atoms with van der Waals surface area (Å²) in [5.74, 6) is -1.16. The fraction of sp³-hybridized carbons (Fsp3) is 0.250. The maximum Gasteiger partial charge on any atom is 0.268 e. The fourth-order valence-corrected chi connectivity index (χ4v) is 2.34. The van der Waals surface area contributed by atoms with Gasteiger partial charge in [0.15, 0.2) is 0 Å². The normalized spacial score (nSPS) is 21.1. The summed E-state index contributed by atoms with van der Waals surface area (Å²) >= 11 is 0. The largest absolute Gasteiger partial charge is 0.449 e. The van der Waals surface area contributed by atoms with E-state index in [9.17, 15) is 9.50 Å². The van der Waals surface area contributed by atoms with Gasteiger partial charge < -0.3 is 9.84 Å². The van der Waals surface area contributed by atoms with E-state index in [1.165, 1.54) is 12.1 Å². The molecule has 1 heterocycles. The number of fused-ring (bicyclic) bond motifs is 1. The van der Waals surface area contributed by atoms with Gasteiger partial charge in [-0.15, -0.1) is 0 Å². The number of hydrogen-bond acceptors (Lipinski definition) is 3. The topological polar surface area (TPSA) is 41.5 Å². The van der Waals surface area contributed by atoms with Gasteiger partial charge in [-0.05, 0) is 35.7 Å². The van der Waals surface area contributed by atoms with Crippen molar-refractivity contribution in [3.05, 3.63) is 65.5 Å². The van der Waals surface area contributed by atoms with Crippen LogP contribution in [-0.2, 0) is 13.0 Å². The summed E-state index contributed by atoms with van der Waals surface area (Å²) in [6.07, 6.45) is 0.960. The van der Waals surface area contributed by atoms with Crippen LogP contribution in [0.5, 0.6) is 5.75 Å². The van der Waals surface area contributed by atoms with Crippen LogP contribution in [0, 0.1) is 5.82 Å². The van der Waals surface area contributed by atoms with Crippen molar-refractivity contribution in [1.29, 1.82) is 0 Å². The lowest BCUT2D eigenvalue weighted by Gasteiger charge is -2.34. The molecule has 3 rings (SSSR count). The van der Waals surface area contributed by atoms with Crippen LogP contribution in [0.1, 0.15) is 17.5 Å². The minimum Gasteiger partial charge on any atom is -0.449 e. The van der Waals surface area contributed by atoms with Crippen LogP contribution in [0.4, 0.5) is 4.39 Å². The van der Waals surface area contributed by atoms with Crippen molar-refractivity contribution in [2.24, 2.45) is 0 Å². The Morgan fingerprint density at radius 2 is 2.00 bits per heavy atom. The maximum absolute atomic E-state index is 13.1. The summed E-state index contributed by atoms with van der Waals surface area (Å²) in [5, 5.41) is 13.4. The molecule has 0 saturated heterocycles. The first-order valence-electron chi connectivity index (χ1n) is 6.63. The van der Waals surface area contributed by atoms with Crippen LogP contribution in [0.3, 0.4) is 0 Å². The third-order valence-corrected chi connectivity index (χ3v) is 3.45. The lowest BCUT2D eigenvalue weighted by Crippen LogP contribution is -2.52. The monoisotopic (exact) mass is 273 g/mol. The number of aryl methyl sites for hydroxylation is 1. The molecule has 4 heteroatoms. The van der Waals surface area contributed by atoms with Gasteiger partial charge in [-0.3, -0.25) is 5.32 Å². The Bertz CT molecular complexity index is 603. The zero-order chi connectivity index (χ0) is 14.0. The molecule has 1 aliphatic heterocycles. The molecule has 2 N–H and O–H groups in total. The molecule has 1 aliphatic rings. The molecule has 20 heavy (non-hydrogen) atoms. The Labute approximate surface area is 117 Å². The van der Waals surface area contributed by atoms with Crippen molar-refractivity contribution in [3.8, 4) is 5.75 Å². The standard InChI is InChI=1S/C16H16FNO2/c17-14-6-7-15-13(10-14)8-9-16(19,20-15)18-11-12-4-2-1-3-5-12/h1-7,10,18-19H,8-9,11H2. The van der Waals surface area contributed by atoms with Gasteiger partial charge in [0.25, 0.3) is 5.91 Å². The molecule has 3 nitrogen and oxygen atoms in total. The Morgan fingerprint density at radius 1 is 1.20 bits per heavy atom. The number of aliphatic hydroxyl groups is 1. The van der Waals surface area contributed by atoms with Crippen molar-refractivity contribution in [2.75, 3.05) is 0 Å². The van der Waals surface area contributed by atoms with Crippen molar-refractivity contribution in [2.45, 2.75) is 25.3 Å². The van der Waals surface area contributed by atoms with E-state index in [2.05, 4.69) is 5.32 Å². The van der Waals surface area contributed by atoms with Gasteiger partial charge in [0.2, 0.25) is 0 Å². The molecule has 0 aliphatic carbocycles. The van der Waals surface area contributed by atoms with Crippen LogP contribution in [0.25, 0.3) is 0 Å². The SMILES string of the molecule is OC1(NCc2ccccc2)CCc2cc(F)ccc2O1. The second-order valence-electron chi connectivity index (χ2n) is 4.98. The molecule has 0 saturated carbocycles. The van der Waals surface area contributed by atoms with E-state index in [4.69, 9.17) is 4.74 Å². The van der Waals surface area contributed by atoms with Crippen molar-refractivity contribution >= 4 is 0 Å². The van der Waals surface area contributed by atoms with Crippen molar-refractivity contribution in [3.63, 3.8) is 0 Å². The summed E-state index contributed by atoms with van der Waals surface area (Å²) in [7, 11) is 0. The highest BCUT2D eigenvalue weighted by atomic mass is 19.1. The quantitative estimate of drug-likeness (QED) is 0.845. The van der Waals surface area contributed by atoms with E-state index in [0.717, 1.165) is 11.1 Å². The second-order valence-corrected chi connectivity index (χ2v) is 4.98. The average molecular weight is 273 g/mol. The molecule has 2 aromatic carbocycles. The van der Waals surface area contributed by atoms with E-state index in [1.807, 2.05) is 30.3 Å². The number of benzene rings is 2. The molecule has 0 spiro atoms. The lowest BCUT2D eigenvalue weighted by molar-refractivity contribution is -0.176. The van der Waals surface area contributed by atoms with Gasteiger partial charge in [0.05, 0.1) is 0 Å². The van der Waals surface area contributed by atoms with Gasteiger partial charge in [-0.1, -0.05) is 30.3 Å². The van der Waals surface area contributed by atoms with Crippen LogP contribution >= 0.6 is 0 Å². The molecule has 2 aromatic rings. The molecular weight excluding hydrogens is 257 g/mol. The predicted octanol–water partition coefficient (Wildman–Crippen LogP) is 2.59. The molecular formula is C16H16FNO2. The zero-order valence-corrected chi connectivity index (χ0v) is 11.0. The molecule has 0 fully saturated rings. The molecule has 0 aromatic heterocycles. The number of ether oxygens (including phenoxy) is 1. The molecule has 1 unspecified atom stereocenters. The van der Waals surface area contributed by atoms with E-state index in [-0.39, 0.29) is 5.82 Å². The summed E-state index contributed by atoms with van der Waals surface area (Å²) in [5.41, 5.74) is 1.85. The van der Waals surface area contributed by atoms with E-state index in [1.54, 1.807) is 6.07 Å². The third kappa shape index (κ3) is 2.81. The van der Waals surface area contributed by atoms with Gasteiger partial charge in [-0.25, -0.2) is 4.39 Å². The van der Waals surface area contributed by atoms with Crippen molar-refractivity contribution in [1.82, 2.24) is 5.32 Å². The molecule has 0 radical (unpaired) electrons. The molecule has 0 amide bonds. The van der Waals surface area contributed by atoms with Crippen LogP contribution in [0.2, 0.25) is 0 Å². The molecule has 104 valence electrons. The number of nitrogens with one attached hydrogen (secondary N) is 1. The first-order chi connectivity index (χ1) is 9.65. The highest BCUT2D eigenvalue weighted by Crippen LogP contribution is 2.31. The van der Waals surface area contributed by atoms with Crippen LogP contribution in [-0.4, -0.2) is 11.0 Å². The Hall–Kier alpha value is -1.91. The first-order valence-corrected chi connectivity index (χ1v) is 6.63. The zero-order valence-electron chi connectivity index (χ0n) is 11.0. The van der Waals surface area contributed by atoms with Crippen molar-refractivity contribution < 1.29 is 14.2 Å². The second kappa shape index (κ2) is 5.23. The summed E-state index contributed by atoms with van der Waals surface area (Å²) in [4.78, 5) is 0. The highest BCUT2D eigenvalue weighted by Gasteiger charge is 2.33. The lowest BCUT2D eigenvalue weighted by atomic mass is 10.0. The van der Waals surface area contributed by atoms with Crippen LogP contribution in [0.15, 0.2) is 48.5 Å². The Kier molecular flexibility index (Phi) is 3.42. The Balaban J connectivity index is 1.70. The molecule has 1 atom stereocenters. The fourth-order valence-electron chi connectivity index (χ4n) is 2.34. The van der Waals surface area contributed by atoms with Crippen LogP contribution < -0.4 is 10.1 Å². The smallest absolute Gasteiger partial charge is 0.268 e. The third-order valence-electron chi connectivity index (χ3n) is 3.45. The van der Waals surface area contributed by atoms with E-state index < -0.39 is 5.91 Å². The summed E-state index contributed by atoms with van der Waals surface area (Å²) < 4.78 is 18.7. The van der Waals surface area contributed by atoms with Gasteiger partial charge in [0, 0.05) is 13.0 Å². The van der Waals surface area contributed by atoms with E-state index in [0.29, 0.717) is 25.1 Å². The minimum absolute atomic E-state index is 0.282. The summed E-state index contributed by atoms with van der Waals surface area (Å²) in [6.45, 7) is 0.508. The average Bonchev–Trinajstić information content (AvgIpc) is 2.47. The highest BCUT2D eigenvalue weighted by molar-refractivity contribution is 5.36. The summed E-state index contributed by atoms with van der Waals surface area (Å²) in [6, 6.07) is 14.1. The predicted molar refractivity (Wildman–Crippen MR) is 73.6 cm³/mol. The maximum atomic E-state index is 13.1. The van der Waals surface area contributed by atoms with Gasteiger partial charge >= 0.3 is 0 Å². The molecule has 0 bridgehead atoms. The first kappa shape index (κ1) is 13.1. The van der Waals surface area contributed by atoms with Gasteiger partial charge in [0.1, 0.15) is 11.6 Å². The van der Waals surface area contributed by atoms with E-state index >= 15 is 0 Å². The minimum atomic E-state index is -1.40. The van der Waals surface area contributed by atoms with Gasteiger partial charge in [-0.2, -0.15) is 0 Å².